The maximum Gasteiger partial charge on any atom is 0.203 e. The number of aryl methyl sites for hydroxylation is 2. The minimum atomic E-state index is -0.826. The summed E-state index contributed by atoms with van der Waals surface area (Å²) in [5.74, 6) is -1.72. The van der Waals surface area contributed by atoms with E-state index in [1.54, 1.807) is 19.1 Å². The fraction of sp³-hybridized carbons (Fsp3) is 0.235. The first-order valence-corrected chi connectivity index (χ1v) is 6.61. The largest absolute Gasteiger partial charge is 0.482 e. The van der Waals surface area contributed by atoms with E-state index in [1.807, 2.05) is 19.9 Å². The van der Waals surface area contributed by atoms with E-state index in [0.29, 0.717) is 5.56 Å². The predicted molar refractivity (Wildman–Crippen MR) is 76.7 cm³/mol. The monoisotopic (exact) mass is 290 g/mol. The van der Waals surface area contributed by atoms with E-state index in [4.69, 9.17) is 4.74 Å². The zero-order valence-electron chi connectivity index (χ0n) is 12.1. The first kappa shape index (κ1) is 15.2. The van der Waals surface area contributed by atoms with E-state index in [-0.39, 0.29) is 11.5 Å². The summed E-state index contributed by atoms with van der Waals surface area (Å²) in [6, 6.07) is 8.21. The van der Waals surface area contributed by atoms with Crippen LogP contribution >= 0.6 is 0 Å². The SMILES string of the molecule is Cc1ccc(C(=O)C(C)Oc2cc(F)cc(F)c2)cc1C. The summed E-state index contributed by atoms with van der Waals surface area (Å²) in [7, 11) is 0. The first-order valence-electron chi connectivity index (χ1n) is 6.61. The van der Waals surface area contributed by atoms with Crippen LogP contribution in [-0.4, -0.2) is 11.9 Å². The van der Waals surface area contributed by atoms with Crippen molar-refractivity contribution in [3.05, 3.63) is 64.7 Å². The van der Waals surface area contributed by atoms with Gasteiger partial charge in [0, 0.05) is 23.8 Å². The van der Waals surface area contributed by atoms with Crippen LogP contribution in [0, 0.1) is 25.5 Å². The number of rotatable bonds is 4. The number of hydrogen-bond donors (Lipinski definition) is 0. The third-order valence-electron chi connectivity index (χ3n) is 3.31. The van der Waals surface area contributed by atoms with Gasteiger partial charge < -0.3 is 4.74 Å². The lowest BCUT2D eigenvalue weighted by molar-refractivity contribution is 0.0817. The number of ether oxygens (including phenoxy) is 1. The van der Waals surface area contributed by atoms with Gasteiger partial charge in [-0.1, -0.05) is 12.1 Å². The number of carbonyl (C=O) groups excluding carboxylic acids is 1. The molecule has 2 nitrogen and oxygen atoms in total. The Kier molecular flexibility index (Phi) is 4.36. The number of ketones is 1. The van der Waals surface area contributed by atoms with Gasteiger partial charge in [0.2, 0.25) is 5.78 Å². The molecule has 0 saturated carbocycles. The summed E-state index contributed by atoms with van der Waals surface area (Å²) in [6.07, 6.45) is -0.826. The van der Waals surface area contributed by atoms with Crippen molar-refractivity contribution < 1.29 is 18.3 Å². The van der Waals surface area contributed by atoms with Gasteiger partial charge >= 0.3 is 0 Å². The van der Waals surface area contributed by atoms with Crippen molar-refractivity contribution in [3.8, 4) is 5.75 Å². The molecule has 0 heterocycles. The van der Waals surface area contributed by atoms with Gasteiger partial charge in [0.15, 0.2) is 6.10 Å². The minimum absolute atomic E-state index is 0.00261. The molecule has 0 aliphatic rings. The molecule has 0 aliphatic heterocycles. The lowest BCUT2D eigenvalue weighted by Crippen LogP contribution is -2.24. The fourth-order valence-corrected chi connectivity index (χ4v) is 1.98. The van der Waals surface area contributed by atoms with Gasteiger partial charge in [-0.2, -0.15) is 0 Å². The molecule has 2 aromatic rings. The Hall–Kier alpha value is -2.23. The van der Waals surface area contributed by atoms with Gasteiger partial charge in [0.05, 0.1) is 0 Å². The summed E-state index contributed by atoms with van der Waals surface area (Å²) >= 11 is 0. The summed E-state index contributed by atoms with van der Waals surface area (Å²) in [6.45, 7) is 5.43. The Bertz CT molecular complexity index is 660. The van der Waals surface area contributed by atoms with E-state index >= 15 is 0 Å². The smallest absolute Gasteiger partial charge is 0.203 e. The standard InChI is InChI=1S/C17H16F2O2/c1-10-4-5-13(6-11(10)2)17(20)12(3)21-16-8-14(18)7-15(19)9-16/h4-9,12H,1-3H3. The van der Waals surface area contributed by atoms with Gasteiger partial charge in [0.25, 0.3) is 0 Å². The van der Waals surface area contributed by atoms with Gasteiger partial charge in [-0.05, 0) is 38.0 Å². The highest BCUT2D eigenvalue weighted by molar-refractivity contribution is 5.99. The minimum Gasteiger partial charge on any atom is -0.482 e. The molecule has 0 aromatic heterocycles. The average molecular weight is 290 g/mol. The lowest BCUT2D eigenvalue weighted by atomic mass is 10.0. The van der Waals surface area contributed by atoms with Crippen LogP contribution in [0.25, 0.3) is 0 Å². The van der Waals surface area contributed by atoms with Crippen molar-refractivity contribution in [3.63, 3.8) is 0 Å². The van der Waals surface area contributed by atoms with E-state index in [1.165, 1.54) is 0 Å². The molecular formula is C17H16F2O2. The Labute approximate surface area is 122 Å². The molecule has 0 bridgehead atoms. The van der Waals surface area contributed by atoms with Gasteiger partial charge in [-0.15, -0.1) is 0 Å². The van der Waals surface area contributed by atoms with Crippen LogP contribution in [0.4, 0.5) is 8.78 Å². The number of hydrogen-bond acceptors (Lipinski definition) is 2. The van der Waals surface area contributed by atoms with Crippen molar-refractivity contribution >= 4 is 5.78 Å². The van der Waals surface area contributed by atoms with Crippen molar-refractivity contribution in [2.75, 3.05) is 0 Å². The van der Waals surface area contributed by atoms with Crippen LogP contribution in [0.15, 0.2) is 36.4 Å². The van der Waals surface area contributed by atoms with Crippen LogP contribution in [0.3, 0.4) is 0 Å². The molecule has 2 aromatic carbocycles. The van der Waals surface area contributed by atoms with Gasteiger partial charge in [0.1, 0.15) is 17.4 Å². The van der Waals surface area contributed by atoms with Crippen molar-refractivity contribution in [1.82, 2.24) is 0 Å². The molecule has 0 fully saturated rings. The second-order valence-corrected chi connectivity index (χ2v) is 5.03. The first-order chi connectivity index (χ1) is 9.86. The molecule has 21 heavy (non-hydrogen) atoms. The molecule has 0 aliphatic carbocycles. The van der Waals surface area contributed by atoms with E-state index < -0.39 is 17.7 Å². The normalized spacial score (nSPS) is 12.0. The van der Waals surface area contributed by atoms with Crippen LogP contribution < -0.4 is 4.74 Å². The maximum atomic E-state index is 13.1. The van der Waals surface area contributed by atoms with E-state index in [9.17, 15) is 13.6 Å². The third-order valence-corrected chi connectivity index (χ3v) is 3.31. The second kappa shape index (κ2) is 6.04. The number of halogens is 2. The molecule has 0 spiro atoms. The summed E-state index contributed by atoms with van der Waals surface area (Å²) in [4.78, 5) is 12.3. The van der Waals surface area contributed by atoms with E-state index in [0.717, 1.165) is 29.3 Å². The molecule has 0 amide bonds. The second-order valence-electron chi connectivity index (χ2n) is 5.03. The summed E-state index contributed by atoms with van der Waals surface area (Å²) in [5.41, 5.74) is 2.61. The molecule has 0 saturated heterocycles. The van der Waals surface area contributed by atoms with Crippen LogP contribution in [-0.2, 0) is 0 Å². The third kappa shape index (κ3) is 3.66. The molecule has 0 N–H and O–H groups in total. The Morgan fingerprint density at radius 3 is 2.19 bits per heavy atom. The topological polar surface area (TPSA) is 26.3 Å². The van der Waals surface area contributed by atoms with Gasteiger partial charge in [-0.25, -0.2) is 8.78 Å². The quantitative estimate of drug-likeness (QED) is 0.788. The van der Waals surface area contributed by atoms with Crippen LogP contribution in [0.5, 0.6) is 5.75 Å². The lowest BCUT2D eigenvalue weighted by Gasteiger charge is -2.14. The molecule has 110 valence electrons. The molecule has 4 heteroatoms. The maximum absolute atomic E-state index is 13.1. The molecule has 2 rings (SSSR count). The van der Waals surface area contributed by atoms with Crippen LogP contribution in [0.1, 0.15) is 28.4 Å². The summed E-state index contributed by atoms with van der Waals surface area (Å²) in [5, 5.41) is 0. The summed E-state index contributed by atoms with van der Waals surface area (Å²) < 4.78 is 31.5. The average Bonchev–Trinajstić information content (AvgIpc) is 2.39. The molecule has 1 unspecified atom stereocenters. The van der Waals surface area contributed by atoms with Gasteiger partial charge in [-0.3, -0.25) is 4.79 Å². The predicted octanol–water partition coefficient (Wildman–Crippen LogP) is 4.23. The number of Topliss-reactive ketones (excluding diaryl/α,β-unsaturated/α-hetero) is 1. The molecule has 0 radical (unpaired) electrons. The highest BCUT2D eigenvalue weighted by Gasteiger charge is 2.18. The van der Waals surface area contributed by atoms with Crippen molar-refractivity contribution in [2.24, 2.45) is 0 Å². The van der Waals surface area contributed by atoms with Crippen molar-refractivity contribution in [2.45, 2.75) is 26.9 Å². The van der Waals surface area contributed by atoms with Crippen molar-refractivity contribution in [1.29, 1.82) is 0 Å². The zero-order chi connectivity index (χ0) is 15.6. The zero-order valence-corrected chi connectivity index (χ0v) is 12.1. The number of carbonyl (C=O) groups is 1. The number of benzene rings is 2. The van der Waals surface area contributed by atoms with E-state index in [2.05, 4.69) is 0 Å². The van der Waals surface area contributed by atoms with Crippen LogP contribution in [0.2, 0.25) is 0 Å². The fourth-order valence-electron chi connectivity index (χ4n) is 1.98. The Balaban J connectivity index is 2.17. The molecular weight excluding hydrogens is 274 g/mol. The Morgan fingerprint density at radius 2 is 1.62 bits per heavy atom. The Morgan fingerprint density at radius 1 is 1.00 bits per heavy atom. The highest BCUT2D eigenvalue weighted by Crippen LogP contribution is 2.19. The molecule has 1 atom stereocenters. The highest BCUT2D eigenvalue weighted by atomic mass is 19.1.